The number of ether oxygens (including phenoxy) is 1. The van der Waals surface area contributed by atoms with Crippen molar-refractivity contribution in [2.45, 2.75) is 4.90 Å². The number of hydrogen-bond donors (Lipinski definition) is 4. The van der Waals surface area contributed by atoms with E-state index in [1.807, 2.05) is 24.3 Å². The van der Waals surface area contributed by atoms with Gasteiger partial charge in [-0.3, -0.25) is 18.8 Å². The molecule has 1 aliphatic heterocycles. The second-order valence-electron chi connectivity index (χ2n) is 6.32. The number of fused-ring (bicyclic) bond motifs is 1. The number of aromatic nitrogens is 1. The summed E-state index contributed by atoms with van der Waals surface area (Å²) in [5.74, 6) is 0. The Morgan fingerprint density at radius 1 is 1.04 bits per heavy atom. The van der Waals surface area contributed by atoms with Crippen LogP contribution in [0.2, 0.25) is 0 Å². The van der Waals surface area contributed by atoms with E-state index in [1.165, 1.54) is 0 Å². The van der Waals surface area contributed by atoms with Crippen molar-refractivity contribution >= 4 is 38.7 Å². The smallest absolute Gasteiger partial charge is 0.103 e. The summed E-state index contributed by atoms with van der Waals surface area (Å²) in [6.45, 7) is 3.00. The van der Waals surface area contributed by atoms with E-state index >= 15 is 0 Å². The summed E-state index contributed by atoms with van der Waals surface area (Å²) in [4.78, 5) is 7.00. The van der Waals surface area contributed by atoms with Gasteiger partial charge in [-0.25, -0.2) is 0 Å². The summed E-state index contributed by atoms with van der Waals surface area (Å²) >= 11 is 0. The molecule has 27 heavy (non-hydrogen) atoms. The molecule has 2 heterocycles. The molecule has 0 radical (unpaired) electrons. The van der Waals surface area contributed by atoms with Crippen LogP contribution in [-0.4, -0.2) is 40.4 Å². The normalized spacial score (nSPS) is 15.7. The average Bonchev–Trinajstić information content (AvgIpc) is 2.69. The third-order valence-corrected chi connectivity index (χ3v) is 6.07. The molecule has 1 aliphatic rings. The second kappa shape index (κ2) is 7.24. The van der Waals surface area contributed by atoms with Crippen LogP contribution >= 0.6 is 10.8 Å². The second-order valence-corrected chi connectivity index (χ2v) is 8.06. The van der Waals surface area contributed by atoms with E-state index < -0.39 is 10.8 Å². The van der Waals surface area contributed by atoms with Gasteiger partial charge in [-0.2, -0.15) is 0 Å². The molecule has 4 rings (SSSR count). The van der Waals surface area contributed by atoms with Gasteiger partial charge >= 0.3 is 0 Å². The van der Waals surface area contributed by atoms with Gasteiger partial charge in [-0.05, 0) is 36.4 Å². The van der Waals surface area contributed by atoms with Gasteiger partial charge in [0.2, 0.25) is 0 Å². The Balaban J connectivity index is 1.74. The topological polar surface area (TPSA) is 104 Å². The number of hydrogen-bond acceptors (Lipinski definition) is 7. The molecule has 0 spiro atoms. The van der Waals surface area contributed by atoms with Gasteiger partial charge in [0.05, 0.1) is 30.1 Å². The number of nitrogens with one attached hydrogen (secondary N) is 1. The fourth-order valence-electron chi connectivity index (χ4n) is 3.27. The Morgan fingerprint density at radius 3 is 2.59 bits per heavy atom. The minimum Gasteiger partial charge on any atom is -0.397 e. The number of nitrogen functional groups attached to an aromatic ring is 1. The number of para-hydroxylation sites is 1. The SMILES string of the molecule is Nc1ccccc1S(O)(O)Nc1ccc(N2CCOCC2)c2cccnc12. The van der Waals surface area contributed by atoms with Gasteiger partial charge in [0.25, 0.3) is 0 Å². The average molecular weight is 386 g/mol. The van der Waals surface area contributed by atoms with Gasteiger partial charge in [0.15, 0.2) is 0 Å². The van der Waals surface area contributed by atoms with Crippen LogP contribution in [0.1, 0.15) is 0 Å². The molecule has 142 valence electrons. The van der Waals surface area contributed by atoms with Crippen molar-refractivity contribution in [1.29, 1.82) is 0 Å². The van der Waals surface area contributed by atoms with Crippen molar-refractivity contribution in [2.75, 3.05) is 41.7 Å². The first-order valence-corrected chi connectivity index (χ1v) is 10.2. The maximum atomic E-state index is 10.7. The Morgan fingerprint density at radius 2 is 1.81 bits per heavy atom. The zero-order chi connectivity index (χ0) is 18.9. The van der Waals surface area contributed by atoms with Gasteiger partial charge < -0.3 is 15.4 Å². The Hall–Kier alpha value is -2.52. The van der Waals surface area contributed by atoms with Crippen LogP contribution < -0.4 is 15.4 Å². The number of rotatable bonds is 4. The molecule has 1 fully saturated rings. The predicted molar refractivity (Wildman–Crippen MR) is 110 cm³/mol. The zero-order valence-electron chi connectivity index (χ0n) is 14.7. The molecule has 0 bridgehead atoms. The molecule has 0 saturated carbocycles. The number of morpholine rings is 1. The van der Waals surface area contributed by atoms with Crippen LogP contribution in [0.4, 0.5) is 17.1 Å². The highest BCUT2D eigenvalue weighted by atomic mass is 32.3. The molecule has 3 aromatic rings. The lowest BCUT2D eigenvalue weighted by atomic mass is 10.1. The fraction of sp³-hybridized carbons (Fsp3) is 0.211. The summed E-state index contributed by atoms with van der Waals surface area (Å²) in [6.07, 6.45) is 1.69. The van der Waals surface area contributed by atoms with E-state index in [9.17, 15) is 9.11 Å². The largest absolute Gasteiger partial charge is 0.397 e. The molecule has 1 saturated heterocycles. The maximum Gasteiger partial charge on any atom is 0.103 e. The molecule has 2 aromatic carbocycles. The molecule has 1 aromatic heterocycles. The monoisotopic (exact) mass is 386 g/mol. The highest BCUT2D eigenvalue weighted by Crippen LogP contribution is 2.51. The van der Waals surface area contributed by atoms with Crippen LogP contribution in [0.3, 0.4) is 0 Å². The third kappa shape index (κ3) is 3.52. The summed E-state index contributed by atoms with van der Waals surface area (Å²) < 4.78 is 29.7. The third-order valence-electron chi connectivity index (χ3n) is 4.58. The van der Waals surface area contributed by atoms with Crippen molar-refractivity contribution < 1.29 is 13.8 Å². The van der Waals surface area contributed by atoms with E-state index in [2.05, 4.69) is 14.6 Å². The first kappa shape index (κ1) is 17.9. The molecule has 0 aliphatic carbocycles. The molecule has 7 nitrogen and oxygen atoms in total. The van der Waals surface area contributed by atoms with Crippen LogP contribution in [0.25, 0.3) is 10.9 Å². The Kier molecular flexibility index (Phi) is 4.79. The van der Waals surface area contributed by atoms with E-state index in [1.54, 1.807) is 30.5 Å². The molecule has 0 atom stereocenters. The lowest BCUT2D eigenvalue weighted by molar-refractivity contribution is 0.123. The summed E-state index contributed by atoms with van der Waals surface area (Å²) in [7, 11) is -3.32. The molecule has 0 unspecified atom stereocenters. The number of anilines is 3. The number of nitrogens with two attached hydrogens (primary N) is 1. The minimum atomic E-state index is -3.32. The summed E-state index contributed by atoms with van der Waals surface area (Å²) in [5.41, 5.74) is 8.53. The van der Waals surface area contributed by atoms with E-state index in [0.29, 0.717) is 30.1 Å². The number of pyridine rings is 1. The molecular formula is C19H22N4O3S. The Labute approximate surface area is 159 Å². The van der Waals surface area contributed by atoms with Gasteiger partial charge in [0, 0.05) is 30.4 Å². The van der Waals surface area contributed by atoms with Crippen molar-refractivity contribution in [3.05, 3.63) is 54.7 Å². The zero-order valence-corrected chi connectivity index (χ0v) is 15.5. The molecule has 0 amide bonds. The lowest BCUT2D eigenvalue weighted by Crippen LogP contribution is -2.36. The Bertz CT molecular complexity index is 961. The minimum absolute atomic E-state index is 0.270. The van der Waals surface area contributed by atoms with Crippen molar-refractivity contribution in [1.82, 2.24) is 4.98 Å². The number of nitrogens with zero attached hydrogens (tertiary/aromatic N) is 2. The highest BCUT2D eigenvalue weighted by molar-refractivity contribution is 8.25. The molecule has 5 N–H and O–H groups in total. The van der Waals surface area contributed by atoms with Crippen LogP contribution in [-0.2, 0) is 4.74 Å². The highest BCUT2D eigenvalue weighted by Gasteiger charge is 2.21. The van der Waals surface area contributed by atoms with Gasteiger partial charge in [0.1, 0.15) is 4.90 Å². The first-order valence-electron chi connectivity index (χ1n) is 8.67. The quantitative estimate of drug-likeness (QED) is 0.506. The standard InChI is InChI=1S/C19H22N4O3S/c20-15-5-1-2-6-18(15)27(24,25)22-16-7-8-17(23-10-12-26-13-11-23)14-4-3-9-21-19(14)16/h1-9,22,24-25H,10-13,20H2. The fourth-order valence-corrected chi connectivity index (χ4v) is 4.51. The lowest BCUT2D eigenvalue weighted by Gasteiger charge is -2.35. The molecule has 8 heteroatoms. The number of benzene rings is 2. The van der Waals surface area contributed by atoms with Gasteiger partial charge in [-0.1, -0.05) is 22.9 Å². The van der Waals surface area contributed by atoms with E-state index in [0.717, 1.165) is 24.2 Å². The van der Waals surface area contributed by atoms with Crippen molar-refractivity contribution in [3.8, 4) is 0 Å². The van der Waals surface area contributed by atoms with E-state index in [4.69, 9.17) is 10.5 Å². The van der Waals surface area contributed by atoms with Crippen LogP contribution in [0.5, 0.6) is 0 Å². The van der Waals surface area contributed by atoms with Crippen LogP contribution in [0, 0.1) is 0 Å². The van der Waals surface area contributed by atoms with E-state index in [-0.39, 0.29) is 4.90 Å². The first-order chi connectivity index (χ1) is 13.1. The van der Waals surface area contributed by atoms with Crippen molar-refractivity contribution in [2.24, 2.45) is 0 Å². The molecular weight excluding hydrogens is 364 g/mol. The summed E-state index contributed by atoms with van der Waals surface area (Å²) in [5, 5.41) is 0.945. The van der Waals surface area contributed by atoms with Crippen LogP contribution in [0.15, 0.2) is 59.6 Å². The maximum absolute atomic E-state index is 10.7. The van der Waals surface area contributed by atoms with Gasteiger partial charge in [-0.15, -0.1) is 0 Å². The summed E-state index contributed by atoms with van der Waals surface area (Å²) in [6, 6.07) is 14.4. The predicted octanol–water partition coefficient (Wildman–Crippen LogP) is 3.79. The van der Waals surface area contributed by atoms with Crippen molar-refractivity contribution in [3.63, 3.8) is 0 Å².